The molecule has 0 aromatic carbocycles. The molecule has 0 heterocycles. The van der Waals surface area contributed by atoms with Crippen LogP contribution in [0.2, 0.25) is 0 Å². The summed E-state index contributed by atoms with van der Waals surface area (Å²) in [4.78, 5) is 23.6. The largest absolute Gasteiger partial charge is 0.369 e. The van der Waals surface area contributed by atoms with Crippen LogP contribution in [-0.4, -0.2) is 38.3 Å². The molecule has 0 radical (unpaired) electrons. The van der Waals surface area contributed by atoms with Crippen molar-refractivity contribution >= 4 is 21.7 Å². The normalized spacial score (nSPS) is 23.8. The highest BCUT2D eigenvalue weighted by Gasteiger charge is 2.35. The van der Waals surface area contributed by atoms with Crippen LogP contribution in [0.4, 0.5) is 0 Å². The van der Waals surface area contributed by atoms with E-state index in [1.54, 1.807) is 0 Å². The molecule has 0 spiro atoms. The molecule has 21 heavy (non-hydrogen) atoms. The molecule has 8 heteroatoms. The van der Waals surface area contributed by atoms with E-state index in [-0.39, 0.29) is 12.2 Å². The lowest BCUT2D eigenvalue weighted by molar-refractivity contribution is -0.135. The van der Waals surface area contributed by atoms with Crippen LogP contribution in [0.3, 0.4) is 0 Å². The van der Waals surface area contributed by atoms with Gasteiger partial charge < -0.3 is 11.1 Å². The van der Waals surface area contributed by atoms with Gasteiger partial charge in [0.15, 0.2) is 0 Å². The minimum absolute atomic E-state index is 0.0367. The molecule has 2 amide bonds. The Balaban J connectivity index is 2.64. The fraction of sp³-hybridized carbons (Fsp3) is 0.769. The summed E-state index contributed by atoms with van der Waals surface area (Å²) in [6.45, 7) is 0. The highest BCUT2D eigenvalue weighted by molar-refractivity contribution is 7.90. The average molecular weight is 315 g/mol. The summed E-state index contributed by atoms with van der Waals surface area (Å²) in [5, 5.41) is 11.5. The smallest absolute Gasteiger partial charge is 0.224 e. The Bertz CT molecular complexity index is 538. The first-order chi connectivity index (χ1) is 9.74. The van der Waals surface area contributed by atoms with E-state index in [1.165, 1.54) is 0 Å². The number of carbonyl (C=O) groups excluding carboxylic acids is 2. The first-order valence-corrected chi connectivity index (χ1v) is 8.97. The van der Waals surface area contributed by atoms with Crippen LogP contribution in [0, 0.1) is 23.2 Å². The van der Waals surface area contributed by atoms with Gasteiger partial charge in [-0.25, -0.2) is 8.42 Å². The maximum absolute atomic E-state index is 12.2. The SMILES string of the molecule is CS(=O)(=O)CC[C@@H](C#N)NC(=O)[C@@H]1CCCC[C@@H]1C(N)=O. The second-order valence-corrected chi connectivity index (χ2v) is 7.77. The van der Waals surface area contributed by atoms with E-state index in [1.807, 2.05) is 6.07 Å². The fourth-order valence-corrected chi connectivity index (χ4v) is 3.23. The zero-order valence-corrected chi connectivity index (χ0v) is 12.9. The molecule has 118 valence electrons. The third kappa shape index (κ3) is 5.71. The third-order valence-corrected chi connectivity index (χ3v) is 4.70. The van der Waals surface area contributed by atoms with E-state index < -0.39 is 39.5 Å². The molecule has 0 bridgehead atoms. The zero-order valence-electron chi connectivity index (χ0n) is 12.0. The number of amides is 2. The lowest BCUT2D eigenvalue weighted by Gasteiger charge is -2.28. The summed E-state index contributed by atoms with van der Waals surface area (Å²) in [5.41, 5.74) is 5.31. The average Bonchev–Trinajstić information content (AvgIpc) is 2.42. The van der Waals surface area contributed by atoms with E-state index in [0.717, 1.165) is 19.1 Å². The maximum Gasteiger partial charge on any atom is 0.224 e. The number of primary amides is 1. The summed E-state index contributed by atoms with van der Waals surface area (Å²) < 4.78 is 22.2. The van der Waals surface area contributed by atoms with Gasteiger partial charge in [0.25, 0.3) is 0 Å². The van der Waals surface area contributed by atoms with E-state index in [2.05, 4.69) is 5.32 Å². The number of hydrogen-bond acceptors (Lipinski definition) is 5. The molecule has 1 fully saturated rings. The molecule has 3 N–H and O–H groups in total. The Morgan fingerprint density at radius 1 is 1.33 bits per heavy atom. The number of nitriles is 1. The van der Waals surface area contributed by atoms with Crippen molar-refractivity contribution in [3.05, 3.63) is 0 Å². The van der Waals surface area contributed by atoms with Crippen LogP contribution in [-0.2, 0) is 19.4 Å². The van der Waals surface area contributed by atoms with E-state index in [0.29, 0.717) is 12.8 Å². The van der Waals surface area contributed by atoms with Gasteiger partial charge in [-0.15, -0.1) is 0 Å². The molecule has 0 aromatic rings. The monoisotopic (exact) mass is 315 g/mol. The van der Waals surface area contributed by atoms with Gasteiger partial charge in [0, 0.05) is 18.1 Å². The van der Waals surface area contributed by atoms with Gasteiger partial charge in [-0.2, -0.15) is 5.26 Å². The number of hydrogen-bond donors (Lipinski definition) is 2. The Morgan fingerprint density at radius 2 is 1.90 bits per heavy atom. The van der Waals surface area contributed by atoms with Crippen molar-refractivity contribution in [3.8, 4) is 6.07 Å². The Hall–Kier alpha value is -1.62. The van der Waals surface area contributed by atoms with Crippen molar-refractivity contribution in [1.82, 2.24) is 5.32 Å². The molecule has 0 aliphatic heterocycles. The summed E-state index contributed by atoms with van der Waals surface area (Å²) >= 11 is 0. The van der Waals surface area contributed by atoms with Crippen molar-refractivity contribution in [1.29, 1.82) is 5.26 Å². The molecule has 1 rings (SSSR count). The van der Waals surface area contributed by atoms with Crippen LogP contribution in [0.1, 0.15) is 32.1 Å². The highest BCUT2D eigenvalue weighted by Crippen LogP contribution is 2.30. The van der Waals surface area contributed by atoms with Gasteiger partial charge in [-0.3, -0.25) is 9.59 Å². The van der Waals surface area contributed by atoms with Gasteiger partial charge in [0.2, 0.25) is 11.8 Å². The lowest BCUT2D eigenvalue weighted by atomic mass is 9.78. The molecule has 3 atom stereocenters. The Labute approximate surface area is 124 Å². The van der Waals surface area contributed by atoms with Crippen LogP contribution in [0.15, 0.2) is 0 Å². The second kappa shape index (κ2) is 7.41. The van der Waals surface area contributed by atoms with Gasteiger partial charge >= 0.3 is 0 Å². The third-order valence-electron chi connectivity index (χ3n) is 3.72. The van der Waals surface area contributed by atoms with E-state index in [4.69, 9.17) is 11.0 Å². The standard InChI is InChI=1S/C13H21N3O4S/c1-21(19,20)7-6-9(8-14)16-13(18)11-5-3-2-4-10(11)12(15)17/h9-11H,2-7H2,1H3,(H2,15,17)(H,16,18)/t9-,10-,11+/m0/s1. The minimum atomic E-state index is -3.19. The number of carbonyl (C=O) groups is 2. The first kappa shape index (κ1) is 17.4. The molecular formula is C13H21N3O4S. The highest BCUT2D eigenvalue weighted by atomic mass is 32.2. The number of nitrogens with two attached hydrogens (primary N) is 1. The van der Waals surface area contributed by atoms with Crippen LogP contribution >= 0.6 is 0 Å². The zero-order chi connectivity index (χ0) is 16.0. The van der Waals surface area contributed by atoms with Gasteiger partial charge in [0.05, 0.1) is 11.8 Å². The molecular weight excluding hydrogens is 294 g/mol. The van der Waals surface area contributed by atoms with Crippen LogP contribution in [0.25, 0.3) is 0 Å². The number of nitrogens with one attached hydrogen (secondary N) is 1. The molecule has 1 aliphatic rings. The summed E-state index contributed by atoms with van der Waals surface area (Å²) in [6, 6.07) is 1.00. The van der Waals surface area contributed by atoms with E-state index in [9.17, 15) is 18.0 Å². The van der Waals surface area contributed by atoms with Crippen molar-refractivity contribution in [2.45, 2.75) is 38.1 Å². The molecule has 7 nitrogen and oxygen atoms in total. The quantitative estimate of drug-likeness (QED) is 0.696. The molecule has 0 saturated heterocycles. The van der Waals surface area contributed by atoms with Crippen molar-refractivity contribution in [2.24, 2.45) is 17.6 Å². The van der Waals surface area contributed by atoms with Gasteiger partial charge in [-0.1, -0.05) is 12.8 Å². The van der Waals surface area contributed by atoms with E-state index >= 15 is 0 Å². The Morgan fingerprint density at radius 3 is 2.38 bits per heavy atom. The lowest BCUT2D eigenvalue weighted by Crippen LogP contribution is -2.45. The Kier molecular flexibility index (Phi) is 6.15. The number of nitrogens with zero attached hydrogens (tertiary/aromatic N) is 1. The van der Waals surface area contributed by atoms with Crippen molar-refractivity contribution in [2.75, 3.05) is 12.0 Å². The van der Waals surface area contributed by atoms with Crippen LogP contribution in [0.5, 0.6) is 0 Å². The first-order valence-electron chi connectivity index (χ1n) is 6.91. The number of sulfone groups is 1. The second-order valence-electron chi connectivity index (χ2n) is 5.51. The topological polar surface area (TPSA) is 130 Å². The predicted octanol–water partition coefficient (Wildman–Crippen LogP) is -0.279. The minimum Gasteiger partial charge on any atom is -0.369 e. The van der Waals surface area contributed by atoms with Gasteiger partial charge in [0.1, 0.15) is 15.9 Å². The fourth-order valence-electron chi connectivity index (χ4n) is 2.56. The maximum atomic E-state index is 12.2. The molecule has 0 aromatic heterocycles. The van der Waals surface area contributed by atoms with Gasteiger partial charge in [-0.05, 0) is 19.3 Å². The number of rotatable bonds is 6. The van der Waals surface area contributed by atoms with Crippen LogP contribution < -0.4 is 11.1 Å². The summed E-state index contributed by atoms with van der Waals surface area (Å²) in [5.74, 6) is -2.09. The molecule has 1 saturated carbocycles. The predicted molar refractivity (Wildman–Crippen MR) is 76.5 cm³/mol. The molecule has 0 unspecified atom stereocenters. The molecule has 1 aliphatic carbocycles. The van der Waals surface area contributed by atoms with Crippen molar-refractivity contribution in [3.63, 3.8) is 0 Å². The van der Waals surface area contributed by atoms with Crippen molar-refractivity contribution < 1.29 is 18.0 Å². The summed E-state index contributed by atoms with van der Waals surface area (Å²) in [7, 11) is -3.19. The summed E-state index contributed by atoms with van der Waals surface area (Å²) in [6.07, 6.45) is 3.94.